The highest BCUT2D eigenvalue weighted by Gasteiger charge is 2.26. The van der Waals surface area contributed by atoms with E-state index in [0.29, 0.717) is 0 Å². The first-order valence-electron chi connectivity index (χ1n) is 6.83. The van der Waals surface area contributed by atoms with Crippen molar-refractivity contribution in [2.75, 3.05) is 19.6 Å². The molecule has 1 atom stereocenters. The molecule has 1 aromatic carbocycles. The maximum absolute atomic E-state index is 3.68. The van der Waals surface area contributed by atoms with Crippen LogP contribution in [0.4, 0.5) is 0 Å². The molecule has 0 radical (unpaired) electrons. The Morgan fingerprint density at radius 3 is 2.72 bits per heavy atom. The van der Waals surface area contributed by atoms with Crippen LogP contribution in [0.5, 0.6) is 0 Å². The lowest BCUT2D eigenvalue weighted by atomic mass is 9.98. The number of halogens is 1. The second-order valence-electron chi connectivity index (χ2n) is 5.53. The molecule has 2 nitrogen and oxygen atoms in total. The first-order valence-corrected chi connectivity index (χ1v) is 7.62. The summed E-state index contributed by atoms with van der Waals surface area (Å²) in [6, 6.07) is 8.69. The van der Waals surface area contributed by atoms with Gasteiger partial charge in [-0.2, -0.15) is 0 Å². The van der Waals surface area contributed by atoms with E-state index in [2.05, 4.69) is 64.3 Å². The van der Waals surface area contributed by atoms with Crippen LogP contribution in [0.15, 0.2) is 28.7 Å². The third-order valence-corrected chi connectivity index (χ3v) is 4.40. The third kappa shape index (κ3) is 3.81. The highest BCUT2D eigenvalue weighted by atomic mass is 79.9. The molecule has 3 heteroatoms. The molecule has 1 aliphatic heterocycles. The Bertz CT molecular complexity index is 377. The number of nitrogens with zero attached hydrogens (tertiary/aromatic N) is 1. The van der Waals surface area contributed by atoms with E-state index in [4.69, 9.17) is 0 Å². The maximum Gasteiger partial charge on any atom is 0.0277 e. The SMILES string of the molecule is CCC1(C)CN(Cc2ccc(Br)cc2)CCCN1. The van der Waals surface area contributed by atoms with Gasteiger partial charge in [-0.05, 0) is 50.6 Å². The Morgan fingerprint density at radius 1 is 1.33 bits per heavy atom. The van der Waals surface area contributed by atoms with Crippen molar-refractivity contribution < 1.29 is 0 Å². The van der Waals surface area contributed by atoms with Gasteiger partial charge < -0.3 is 5.32 Å². The van der Waals surface area contributed by atoms with Crippen molar-refractivity contribution in [2.24, 2.45) is 0 Å². The summed E-state index contributed by atoms with van der Waals surface area (Å²) in [7, 11) is 0. The number of hydrogen-bond donors (Lipinski definition) is 1. The maximum atomic E-state index is 3.68. The second-order valence-corrected chi connectivity index (χ2v) is 6.45. The molecule has 0 aliphatic carbocycles. The lowest BCUT2D eigenvalue weighted by Gasteiger charge is -2.32. The van der Waals surface area contributed by atoms with Crippen LogP contribution in [0, 0.1) is 0 Å². The zero-order chi connectivity index (χ0) is 13.0. The molecule has 1 aromatic rings. The van der Waals surface area contributed by atoms with Crippen LogP contribution in [-0.2, 0) is 6.54 Å². The van der Waals surface area contributed by atoms with E-state index in [1.165, 1.54) is 24.9 Å². The van der Waals surface area contributed by atoms with Crippen LogP contribution in [0.1, 0.15) is 32.3 Å². The van der Waals surface area contributed by atoms with Crippen LogP contribution < -0.4 is 5.32 Å². The molecular formula is C15H23BrN2. The number of rotatable bonds is 3. The van der Waals surface area contributed by atoms with E-state index in [1.54, 1.807) is 0 Å². The molecule has 1 unspecified atom stereocenters. The van der Waals surface area contributed by atoms with Crippen molar-refractivity contribution in [3.63, 3.8) is 0 Å². The molecule has 100 valence electrons. The van der Waals surface area contributed by atoms with E-state index in [9.17, 15) is 0 Å². The van der Waals surface area contributed by atoms with Crippen LogP contribution in [0.3, 0.4) is 0 Å². The van der Waals surface area contributed by atoms with Gasteiger partial charge in [-0.25, -0.2) is 0 Å². The molecule has 0 bridgehead atoms. The fourth-order valence-electron chi connectivity index (χ4n) is 2.54. The minimum Gasteiger partial charge on any atom is -0.310 e. The Labute approximate surface area is 119 Å². The molecule has 1 N–H and O–H groups in total. The summed E-state index contributed by atoms with van der Waals surface area (Å²) in [5.41, 5.74) is 1.67. The fraction of sp³-hybridized carbons (Fsp3) is 0.600. The summed E-state index contributed by atoms with van der Waals surface area (Å²) < 4.78 is 1.15. The van der Waals surface area contributed by atoms with Gasteiger partial charge in [0, 0.05) is 23.1 Å². The van der Waals surface area contributed by atoms with Gasteiger partial charge in [-0.1, -0.05) is 35.0 Å². The minimum absolute atomic E-state index is 0.270. The summed E-state index contributed by atoms with van der Waals surface area (Å²) >= 11 is 3.49. The van der Waals surface area contributed by atoms with Gasteiger partial charge in [0.05, 0.1) is 0 Å². The summed E-state index contributed by atoms with van der Waals surface area (Å²) in [6.45, 7) is 9.15. The van der Waals surface area contributed by atoms with Crippen LogP contribution in [0.25, 0.3) is 0 Å². The number of hydrogen-bond acceptors (Lipinski definition) is 2. The average molecular weight is 311 g/mol. The Hall–Kier alpha value is -0.380. The van der Waals surface area contributed by atoms with Crippen molar-refractivity contribution in [2.45, 2.75) is 38.8 Å². The number of benzene rings is 1. The van der Waals surface area contributed by atoms with Crippen LogP contribution in [-0.4, -0.2) is 30.1 Å². The molecule has 1 fully saturated rings. The average Bonchev–Trinajstić information content (AvgIpc) is 2.55. The van der Waals surface area contributed by atoms with Crippen LogP contribution in [0.2, 0.25) is 0 Å². The molecular weight excluding hydrogens is 288 g/mol. The summed E-state index contributed by atoms with van der Waals surface area (Å²) in [5, 5.41) is 3.68. The molecule has 0 aromatic heterocycles. The Morgan fingerprint density at radius 2 is 2.06 bits per heavy atom. The zero-order valence-electron chi connectivity index (χ0n) is 11.4. The van der Waals surface area contributed by atoms with Gasteiger partial charge in [0.1, 0.15) is 0 Å². The zero-order valence-corrected chi connectivity index (χ0v) is 13.0. The minimum atomic E-state index is 0.270. The summed E-state index contributed by atoms with van der Waals surface area (Å²) in [5.74, 6) is 0. The highest BCUT2D eigenvalue weighted by Crippen LogP contribution is 2.18. The van der Waals surface area contributed by atoms with Crippen molar-refractivity contribution in [1.29, 1.82) is 0 Å². The number of nitrogens with one attached hydrogen (secondary N) is 1. The molecule has 18 heavy (non-hydrogen) atoms. The smallest absolute Gasteiger partial charge is 0.0277 e. The van der Waals surface area contributed by atoms with Gasteiger partial charge >= 0.3 is 0 Å². The lowest BCUT2D eigenvalue weighted by molar-refractivity contribution is 0.208. The van der Waals surface area contributed by atoms with E-state index in [-0.39, 0.29) is 5.54 Å². The quantitative estimate of drug-likeness (QED) is 0.920. The Balaban J connectivity index is 2.01. The van der Waals surface area contributed by atoms with Crippen molar-refractivity contribution >= 4 is 15.9 Å². The van der Waals surface area contributed by atoms with Gasteiger partial charge in [0.25, 0.3) is 0 Å². The first kappa shape index (κ1) is 14.0. The van der Waals surface area contributed by atoms with Gasteiger partial charge in [-0.3, -0.25) is 4.90 Å². The van der Waals surface area contributed by atoms with E-state index >= 15 is 0 Å². The topological polar surface area (TPSA) is 15.3 Å². The predicted molar refractivity (Wildman–Crippen MR) is 80.7 cm³/mol. The molecule has 1 aliphatic rings. The molecule has 0 saturated carbocycles. The summed E-state index contributed by atoms with van der Waals surface area (Å²) in [6.07, 6.45) is 2.43. The highest BCUT2D eigenvalue weighted by molar-refractivity contribution is 9.10. The van der Waals surface area contributed by atoms with Gasteiger partial charge in [0.2, 0.25) is 0 Å². The van der Waals surface area contributed by atoms with Crippen LogP contribution >= 0.6 is 15.9 Å². The monoisotopic (exact) mass is 310 g/mol. The lowest BCUT2D eigenvalue weighted by Crippen LogP contribution is -2.48. The second kappa shape index (κ2) is 6.18. The third-order valence-electron chi connectivity index (χ3n) is 3.88. The largest absolute Gasteiger partial charge is 0.310 e. The molecule has 0 amide bonds. The normalized spacial score (nSPS) is 25.9. The molecule has 1 saturated heterocycles. The van der Waals surface area contributed by atoms with Crippen molar-refractivity contribution in [3.8, 4) is 0 Å². The predicted octanol–water partition coefficient (Wildman–Crippen LogP) is 3.41. The molecule has 2 rings (SSSR count). The standard InChI is InChI=1S/C15H23BrN2/c1-3-15(2)12-18(10-4-9-17-15)11-13-5-7-14(16)8-6-13/h5-8,17H,3-4,9-12H2,1-2H3. The summed E-state index contributed by atoms with van der Waals surface area (Å²) in [4.78, 5) is 2.58. The molecule has 0 spiro atoms. The first-order chi connectivity index (χ1) is 8.61. The Kier molecular flexibility index (Phi) is 4.82. The van der Waals surface area contributed by atoms with Gasteiger partial charge in [-0.15, -0.1) is 0 Å². The van der Waals surface area contributed by atoms with Gasteiger partial charge in [0.15, 0.2) is 0 Å². The van der Waals surface area contributed by atoms with E-state index < -0.39 is 0 Å². The van der Waals surface area contributed by atoms with E-state index in [1.807, 2.05) is 0 Å². The van der Waals surface area contributed by atoms with E-state index in [0.717, 1.165) is 24.1 Å². The van der Waals surface area contributed by atoms with Crippen molar-refractivity contribution in [1.82, 2.24) is 10.2 Å². The molecule has 1 heterocycles. The van der Waals surface area contributed by atoms with Crippen molar-refractivity contribution in [3.05, 3.63) is 34.3 Å². The fourth-order valence-corrected chi connectivity index (χ4v) is 2.81.